The van der Waals surface area contributed by atoms with E-state index in [9.17, 15) is 14.7 Å². The molecule has 1 heterocycles. The number of rotatable bonds is 3. The van der Waals surface area contributed by atoms with Gasteiger partial charge in [0, 0.05) is 15.9 Å². The summed E-state index contributed by atoms with van der Waals surface area (Å²) in [6.45, 7) is 0. The largest absolute Gasteiger partial charge is 0.480 e. The molecule has 1 saturated heterocycles. The fourth-order valence-electron chi connectivity index (χ4n) is 2.59. The normalized spacial score (nSPS) is 25.1. The Morgan fingerprint density at radius 3 is 2.67 bits per heavy atom. The van der Waals surface area contributed by atoms with Crippen molar-refractivity contribution in [3.05, 3.63) is 28.2 Å². The van der Waals surface area contributed by atoms with Gasteiger partial charge in [0.2, 0.25) is 0 Å². The fraction of sp³-hybridized carbons (Fsp3) is 0.429. The van der Waals surface area contributed by atoms with Crippen LogP contribution in [0.2, 0.25) is 0 Å². The average Bonchev–Trinajstić information content (AvgIpc) is 3.16. The molecule has 1 saturated carbocycles. The highest BCUT2D eigenvalue weighted by molar-refractivity contribution is 9.10. The zero-order valence-corrected chi connectivity index (χ0v) is 13.6. The van der Waals surface area contributed by atoms with Crippen LogP contribution in [-0.2, 0) is 4.79 Å². The molecular formula is C14H15BrN2O3S. The summed E-state index contributed by atoms with van der Waals surface area (Å²) in [5.41, 5.74) is 6.66. The Morgan fingerprint density at radius 2 is 2.10 bits per heavy atom. The summed E-state index contributed by atoms with van der Waals surface area (Å²) in [7, 11) is 0. The van der Waals surface area contributed by atoms with E-state index in [1.54, 1.807) is 30.0 Å². The van der Waals surface area contributed by atoms with E-state index < -0.39 is 12.0 Å². The van der Waals surface area contributed by atoms with Gasteiger partial charge in [-0.25, -0.2) is 4.79 Å². The van der Waals surface area contributed by atoms with E-state index in [-0.39, 0.29) is 11.3 Å². The van der Waals surface area contributed by atoms with E-state index in [4.69, 9.17) is 5.73 Å². The SMILES string of the molecule is Nc1cc(Br)ccc1C(=O)N1C(C(=O)O)CSC1C1CC1. The molecule has 3 rings (SSSR count). The molecule has 0 bridgehead atoms. The number of hydrogen-bond donors (Lipinski definition) is 2. The third-order valence-electron chi connectivity index (χ3n) is 3.82. The van der Waals surface area contributed by atoms with Gasteiger partial charge in [0.1, 0.15) is 6.04 Å². The summed E-state index contributed by atoms with van der Waals surface area (Å²) in [5.74, 6) is -0.373. The van der Waals surface area contributed by atoms with E-state index in [1.807, 2.05) is 0 Å². The van der Waals surface area contributed by atoms with Crippen molar-refractivity contribution in [1.29, 1.82) is 0 Å². The molecule has 0 radical (unpaired) electrons. The maximum atomic E-state index is 12.8. The molecule has 5 nitrogen and oxygen atoms in total. The number of anilines is 1. The van der Waals surface area contributed by atoms with Gasteiger partial charge in [0.05, 0.1) is 10.9 Å². The van der Waals surface area contributed by atoms with Crippen molar-refractivity contribution in [2.45, 2.75) is 24.3 Å². The maximum Gasteiger partial charge on any atom is 0.327 e. The van der Waals surface area contributed by atoms with Crippen LogP contribution >= 0.6 is 27.7 Å². The zero-order valence-electron chi connectivity index (χ0n) is 11.2. The maximum absolute atomic E-state index is 12.8. The number of carboxylic acid groups (broad SMARTS) is 1. The number of carbonyl (C=O) groups is 2. The molecule has 1 aromatic carbocycles. The molecule has 21 heavy (non-hydrogen) atoms. The number of amides is 1. The minimum absolute atomic E-state index is 0.0401. The second-order valence-corrected chi connectivity index (χ2v) is 7.42. The number of halogens is 1. The van der Waals surface area contributed by atoms with Crippen LogP contribution < -0.4 is 5.73 Å². The van der Waals surface area contributed by atoms with Crippen LogP contribution in [0.1, 0.15) is 23.2 Å². The van der Waals surface area contributed by atoms with Gasteiger partial charge in [0.25, 0.3) is 5.91 Å². The van der Waals surface area contributed by atoms with E-state index in [0.717, 1.165) is 17.3 Å². The number of hydrogen-bond acceptors (Lipinski definition) is 4. The zero-order chi connectivity index (χ0) is 15.1. The minimum Gasteiger partial charge on any atom is -0.480 e. The van der Waals surface area contributed by atoms with Crippen LogP contribution in [0.4, 0.5) is 5.69 Å². The highest BCUT2D eigenvalue weighted by Gasteiger charge is 2.48. The van der Waals surface area contributed by atoms with Crippen LogP contribution in [0, 0.1) is 5.92 Å². The lowest BCUT2D eigenvalue weighted by Crippen LogP contribution is -2.46. The topological polar surface area (TPSA) is 83.6 Å². The minimum atomic E-state index is -0.949. The number of nitrogens with zero attached hydrogens (tertiary/aromatic N) is 1. The standard InChI is InChI=1S/C14H15BrN2O3S/c15-8-3-4-9(10(16)5-8)12(18)17-11(14(19)20)6-21-13(17)7-1-2-7/h3-5,7,11,13H,1-2,6,16H2,(H,19,20). The number of aliphatic carboxylic acids is 1. The molecule has 1 aliphatic carbocycles. The monoisotopic (exact) mass is 370 g/mol. The van der Waals surface area contributed by atoms with Crippen LogP contribution in [-0.4, -0.2) is 39.1 Å². The first-order chi connectivity index (χ1) is 9.99. The summed E-state index contributed by atoms with van der Waals surface area (Å²) in [6.07, 6.45) is 2.12. The number of benzene rings is 1. The second-order valence-electron chi connectivity index (χ2n) is 5.36. The Kier molecular flexibility index (Phi) is 3.88. The molecule has 2 fully saturated rings. The molecule has 1 aliphatic heterocycles. The van der Waals surface area contributed by atoms with Crippen molar-refractivity contribution in [2.24, 2.45) is 5.92 Å². The van der Waals surface area contributed by atoms with Crippen molar-refractivity contribution in [2.75, 3.05) is 11.5 Å². The van der Waals surface area contributed by atoms with Gasteiger partial charge in [-0.05, 0) is 37.0 Å². The molecule has 2 atom stereocenters. The first kappa shape index (κ1) is 14.7. The van der Waals surface area contributed by atoms with Crippen molar-refractivity contribution in [3.8, 4) is 0 Å². The average molecular weight is 371 g/mol. The summed E-state index contributed by atoms with van der Waals surface area (Å²) < 4.78 is 0.792. The molecule has 2 aliphatic rings. The molecule has 7 heteroatoms. The second kappa shape index (κ2) is 5.53. The fourth-order valence-corrected chi connectivity index (χ4v) is 4.60. The van der Waals surface area contributed by atoms with Gasteiger partial charge in [-0.15, -0.1) is 11.8 Å². The lowest BCUT2D eigenvalue weighted by Gasteiger charge is -2.28. The van der Waals surface area contributed by atoms with Crippen LogP contribution in [0.25, 0.3) is 0 Å². The van der Waals surface area contributed by atoms with Crippen LogP contribution in [0.5, 0.6) is 0 Å². The number of carbonyl (C=O) groups excluding carboxylic acids is 1. The van der Waals surface area contributed by atoms with Gasteiger partial charge >= 0.3 is 5.97 Å². The van der Waals surface area contributed by atoms with Crippen LogP contribution in [0.3, 0.4) is 0 Å². The highest BCUT2D eigenvalue weighted by Crippen LogP contribution is 2.46. The van der Waals surface area contributed by atoms with E-state index in [2.05, 4.69) is 15.9 Å². The Labute approximate surface area is 135 Å². The Morgan fingerprint density at radius 1 is 1.38 bits per heavy atom. The van der Waals surface area contributed by atoms with Gasteiger partial charge in [0.15, 0.2) is 0 Å². The highest BCUT2D eigenvalue weighted by atomic mass is 79.9. The number of nitrogens with two attached hydrogens (primary N) is 1. The third-order valence-corrected chi connectivity index (χ3v) is 5.78. The Hall–Kier alpha value is -1.21. The predicted octanol–water partition coefficient (Wildman–Crippen LogP) is 2.41. The number of carboxylic acids is 1. The molecule has 0 spiro atoms. The van der Waals surface area contributed by atoms with Gasteiger partial charge in [-0.3, -0.25) is 4.79 Å². The number of thioether (sulfide) groups is 1. The lowest BCUT2D eigenvalue weighted by atomic mass is 10.1. The molecule has 112 valence electrons. The molecular weight excluding hydrogens is 356 g/mol. The first-order valence-corrected chi connectivity index (χ1v) is 8.55. The third kappa shape index (κ3) is 2.76. The summed E-state index contributed by atoms with van der Waals surface area (Å²) in [4.78, 5) is 25.7. The van der Waals surface area contributed by atoms with E-state index >= 15 is 0 Å². The quantitative estimate of drug-likeness (QED) is 0.798. The first-order valence-electron chi connectivity index (χ1n) is 6.71. The van der Waals surface area contributed by atoms with Gasteiger partial charge in [-0.2, -0.15) is 0 Å². The molecule has 0 aromatic heterocycles. The number of nitrogen functional groups attached to an aromatic ring is 1. The van der Waals surface area contributed by atoms with E-state index in [1.165, 1.54) is 4.90 Å². The molecule has 3 N–H and O–H groups in total. The lowest BCUT2D eigenvalue weighted by molar-refractivity contribution is -0.141. The summed E-state index contributed by atoms with van der Waals surface area (Å²) in [5, 5.41) is 9.33. The van der Waals surface area contributed by atoms with Crippen molar-refractivity contribution in [3.63, 3.8) is 0 Å². The van der Waals surface area contributed by atoms with Gasteiger partial charge < -0.3 is 15.7 Å². The molecule has 1 amide bonds. The van der Waals surface area contributed by atoms with Crippen molar-refractivity contribution in [1.82, 2.24) is 4.90 Å². The van der Waals surface area contributed by atoms with Crippen molar-refractivity contribution >= 4 is 45.3 Å². The Balaban J connectivity index is 1.93. The van der Waals surface area contributed by atoms with Crippen LogP contribution in [0.15, 0.2) is 22.7 Å². The van der Waals surface area contributed by atoms with Gasteiger partial charge in [-0.1, -0.05) is 15.9 Å². The molecule has 1 aromatic rings. The van der Waals surface area contributed by atoms with Crippen molar-refractivity contribution < 1.29 is 14.7 Å². The summed E-state index contributed by atoms with van der Waals surface area (Å²) in [6, 6.07) is 4.29. The Bertz CT molecular complexity index is 606. The predicted molar refractivity (Wildman–Crippen MR) is 85.1 cm³/mol. The smallest absolute Gasteiger partial charge is 0.327 e. The van der Waals surface area contributed by atoms with E-state index in [0.29, 0.717) is 22.9 Å². The summed E-state index contributed by atoms with van der Waals surface area (Å²) >= 11 is 4.87. The molecule has 2 unspecified atom stereocenters.